The molecule has 0 heterocycles. The van der Waals surface area contributed by atoms with Crippen LogP contribution in [0.5, 0.6) is 17.2 Å². The van der Waals surface area contributed by atoms with E-state index < -0.39 is 0 Å². The summed E-state index contributed by atoms with van der Waals surface area (Å²) in [5.74, 6) is 2.32. The summed E-state index contributed by atoms with van der Waals surface area (Å²) >= 11 is 5.40. The van der Waals surface area contributed by atoms with Gasteiger partial charge in [-0.2, -0.15) is 0 Å². The largest absolute Gasteiger partial charge is 0.497 e. The molecule has 0 amide bonds. The van der Waals surface area contributed by atoms with Gasteiger partial charge in [0.05, 0.1) is 27.4 Å². The predicted molar refractivity (Wildman–Crippen MR) is 100 cm³/mol. The topological polar surface area (TPSA) is 51.8 Å². The Labute approximate surface area is 147 Å². The number of thiocarbonyl (C=S) groups is 1. The van der Waals surface area contributed by atoms with Crippen molar-refractivity contribution in [1.29, 1.82) is 0 Å². The number of benzene rings is 2. The van der Waals surface area contributed by atoms with Gasteiger partial charge in [-0.05, 0) is 49.5 Å². The van der Waals surface area contributed by atoms with Crippen molar-refractivity contribution in [3.05, 3.63) is 48.0 Å². The van der Waals surface area contributed by atoms with Crippen LogP contribution in [0.2, 0.25) is 0 Å². The fourth-order valence-electron chi connectivity index (χ4n) is 2.32. The molecule has 1 atom stereocenters. The molecule has 0 spiro atoms. The molecule has 128 valence electrons. The highest BCUT2D eigenvalue weighted by Gasteiger charge is 2.14. The second-order valence-corrected chi connectivity index (χ2v) is 5.57. The van der Waals surface area contributed by atoms with Gasteiger partial charge in [0.25, 0.3) is 0 Å². The van der Waals surface area contributed by atoms with Gasteiger partial charge in [0.15, 0.2) is 5.11 Å². The fraction of sp³-hybridized carbons (Fsp3) is 0.278. The van der Waals surface area contributed by atoms with Crippen molar-refractivity contribution in [3.8, 4) is 17.2 Å². The average molecular weight is 346 g/mol. The molecule has 6 heteroatoms. The first kappa shape index (κ1) is 17.9. The lowest BCUT2D eigenvalue weighted by atomic mass is 10.1. The number of ether oxygens (including phenoxy) is 3. The van der Waals surface area contributed by atoms with Gasteiger partial charge in [0.2, 0.25) is 0 Å². The van der Waals surface area contributed by atoms with Crippen molar-refractivity contribution in [2.75, 3.05) is 26.6 Å². The summed E-state index contributed by atoms with van der Waals surface area (Å²) in [4.78, 5) is 0. The quantitative estimate of drug-likeness (QED) is 0.777. The van der Waals surface area contributed by atoms with E-state index in [1.807, 2.05) is 49.4 Å². The Morgan fingerprint density at radius 3 is 2.33 bits per heavy atom. The standard InChI is InChI=1S/C18H22N2O3S/c1-12(16-11-15(22-3)8-9-17(16)23-4)19-18(24)20-13-6-5-7-14(10-13)21-2/h5-12H,1-4H3,(H2,19,20,24)/t12-/m1/s1. The maximum atomic E-state index is 5.42. The maximum absolute atomic E-state index is 5.42. The Kier molecular flexibility index (Phi) is 6.26. The molecule has 0 aromatic heterocycles. The van der Waals surface area contributed by atoms with E-state index in [2.05, 4.69) is 10.6 Å². The lowest BCUT2D eigenvalue weighted by Crippen LogP contribution is -2.31. The number of nitrogens with one attached hydrogen (secondary N) is 2. The third kappa shape index (κ3) is 4.52. The number of hydrogen-bond donors (Lipinski definition) is 2. The second kappa shape index (κ2) is 8.40. The molecule has 0 bridgehead atoms. The first-order valence-corrected chi connectivity index (χ1v) is 7.91. The van der Waals surface area contributed by atoms with Gasteiger partial charge >= 0.3 is 0 Å². The third-order valence-electron chi connectivity index (χ3n) is 3.58. The van der Waals surface area contributed by atoms with Crippen LogP contribution in [0.25, 0.3) is 0 Å². The van der Waals surface area contributed by atoms with Gasteiger partial charge in [-0.1, -0.05) is 6.07 Å². The van der Waals surface area contributed by atoms with Crippen LogP contribution in [0.4, 0.5) is 5.69 Å². The normalized spacial score (nSPS) is 11.3. The summed E-state index contributed by atoms with van der Waals surface area (Å²) in [5.41, 5.74) is 1.82. The Balaban J connectivity index is 2.08. The lowest BCUT2D eigenvalue weighted by Gasteiger charge is -2.20. The Morgan fingerprint density at radius 2 is 1.67 bits per heavy atom. The van der Waals surface area contributed by atoms with Crippen LogP contribution >= 0.6 is 12.2 Å². The van der Waals surface area contributed by atoms with Crippen LogP contribution in [-0.2, 0) is 0 Å². The van der Waals surface area contributed by atoms with Crippen molar-refractivity contribution in [1.82, 2.24) is 5.32 Å². The van der Waals surface area contributed by atoms with Crippen molar-refractivity contribution >= 4 is 23.0 Å². The van der Waals surface area contributed by atoms with Crippen molar-refractivity contribution in [3.63, 3.8) is 0 Å². The molecule has 0 aliphatic rings. The Hall–Kier alpha value is -2.47. The zero-order valence-corrected chi connectivity index (χ0v) is 15.1. The van der Waals surface area contributed by atoms with Gasteiger partial charge in [-0.25, -0.2) is 0 Å². The lowest BCUT2D eigenvalue weighted by molar-refractivity contribution is 0.395. The molecule has 0 aliphatic carbocycles. The number of hydrogen-bond acceptors (Lipinski definition) is 4. The van der Waals surface area contributed by atoms with E-state index >= 15 is 0 Å². The van der Waals surface area contributed by atoms with Crippen LogP contribution in [0.15, 0.2) is 42.5 Å². The van der Waals surface area contributed by atoms with E-state index in [1.165, 1.54) is 0 Å². The summed E-state index contributed by atoms with van der Waals surface area (Å²) in [6.45, 7) is 2.01. The van der Waals surface area contributed by atoms with Crippen LogP contribution in [0.1, 0.15) is 18.5 Å². The smallest absolute Gasteiger partial charge is 0.171 e. The van der Waals surface area contributed by atoms with Crippen LogP contribution in [-0.4, -0.2) is 26.4 Å². The highest BCUT2D eigenvalue weighted by atomic mass is 32.1. The predicted octanol–water partition coefficient (Wildman–Crippen LogP) is 3.76. The molecular weight excluding hydrogens is 324 g/mol. The Bertz CT molecular complexity index is 706. The molecule has 2 rings (SSSR count). The average Bonchev–Trinajstić information content (AvgIpc) is 2.61. The molecule has 2 aromatic rings. The minimum atomic E-state index is -0.0549. The number of rotatable bonds is 6. The van der Waals surface area contributed by atoms with Crippen molar-refractivity contribution in [2.24, 2.45) is 0 Å². The zero-order chi connectivity index (χ0) is 17.5. The molecule has 5 nitrogen and oxygen atoms in total. The summed E-state index contributed by atoms with van der Waals surface area (Å²) in [7, 11) is 4.91. The highest BCUT2D eigenvalue weighted by molar-refractivity contribution is 7.80. The fourth-order valence-corrected chi connectivity index (χ4v) is 2.61. The van der Waals surface area contributed by atoms with Crippen LogP contribution in [0.3, 0.4) is 0 Å². The first-order valence-electron chi connectivity index (χ1n) is 7.51. The summed E-state index contributed by atoms with van der Waals surface area (Å²) in [6, 6.07) is 13.2. The molecule has 0 radical (unpaired) electrons. The molecule has 2 N–H and O–H groups in total. The minimum Gasteiger partial charge on any atom is -0.497 e. The van der Waals surface area contributed by atoms with Gasteiger partial charge in [0.1, 0.15) is 17.2 Å². The summed E-state index contributed by atoms with van der Waals surface area (Å²) < 4.78 is 15.9. The monoisotopic (exact) mass is 346 g/mol. The van der Waals surface area contributed by atoms with E-state index in [9.17, 15) is 0 Å². The van der Waals surface area contributed by atoms with Crippen LogP contribution < -0.4 is 24.8 Å². The van der Waals surface area contributed by atoms with E-state index in [4.69, 9.17) is 26.4 Å². The SMILES string of the molecule is COc1cccc(NC(=S)N[C@H](C)c2cc(OC)ccc2OC)c1. The van der Waals surface area contributed by atoms with Gasteiger partial charge in [-0.3, -0.25) is 0 Å². The van der Waals surface area contributed by atoms with Crippen LogP contribution in [0, 0.1) is 0 Å². The molecule has 2 aromatic carbocycles. The molecule has 24 heavy (non-hydrogen) atoms. The summed E-state index contributed by atoms with van der Waals surface area (Å²) in [5, 5.41) is 6.92. The highest BCUT2D eigenvalue weighted by Crippen LogP contribution is 2.29. The van der Waals surface area contributed by atoms with E-state index in [0.29, 0.717) is 5.11 Å². The third-order valence-corrected chi connectivity index (χ3v) is 3.80. The Morgan fingerprint density at radius 1 is 0.958 bits per heavy atom. The van der Waals surface area contributed by atoms with Gasteiger partial charge < -0.3 is 24.8 Å². The van der Waals surface area contributed by atoms with Gasteiger partial charge in [-0.15, -0.1) is 0 Å². The molecule has 0 saturated carbocycles. The first-order chi connectivity index (χ1) is 11.6. The van der Waals surface area contributed by atoms with Crippen molar-refractivity contribution in [2.45, 2.75) is 13.0 Å². The maximum Gasteiger partial charge on any atom is 0.171 e. The van der Waals surface area contributed by atoms with E-state index in [0.717, 1.165) is 28.5 Å². The van der Waals surface area contributed by atoms with Gasteiger partial charge in [0, 0.05) is 17.3 Å². The second-order valence-electron chi connectivity index (χ2n) is 5.16. The number of anilines is 1. The summed E-state index contributed by atoms with van der Waals surface area (Å²) in [6.07, 6.45) is 0. The zero-order valence-electron chi connectivity index (χ0n) is 14.3. The number of methoxy groups -OCH3 is 3. The minimum absolute atomic E-state index is 0.0549. The molecule has 0 saturated heterocycles. The molecule has 0 unspecified atom stereocenters. The van der Waals surface area contributed by atoms with Crippen molar-refractivity contribution < 1.29 is 14.2 Å². The molecular formula is C18H22N2O3S. The molecule has 0 aliphatic heterocycles. The van der Waals surface area contributed by atoms with E-state index in [1.54, 1.807) is 21.3 Å². The van der Waals surface area contributed by atoms with E-state index in [-0.39, 0.29) is 6.04 Å². The molecule has 0 fully saturated rings.